The Kier molecular flexibility index (Phi) is 16.5. The monoisotopic (exact) mass is 864 g/mol. The third-order valence-electron chi connectivity index (χ3n) is 10.8. The van der Waals surface area contributed by atoms with Crippen molar-refractivity contribution in [3.8, 4) is 11.1 Å². The summed E-state index contributed by atoms with van der Waals surface area (Å²) in [5.41, 5.74) is 4.82. The summed E-state index contributed by atoms with van der Waals surface area (Å²) in [6.45, 7) is -0.0422. The second-order valence-corrected chi connectivity index (χ2v) is 15.6. The van der Waals surface area contributed by atoms with E-state index in [1.54, 1.807) is 24.3 Å². The van der Waals surface area contributed by atoms with E-state index in [0.29, 0.717) is 23.1 Å². The highest BCUT2D eigenvalue weighted by Crippen LogP contribution is 2.21. The molecule has 6 amide bonds. The zero-order valence-corrected chi connectivity index (χ0v) is 35.3. The van der Waals surface area contributed by atoms with E-state index in [4.69, 9.17) is 5.11 Å². The van der Waals surface area contributed by atoms with Crippen molar-refractivity contribution in [2.24, 2.45) is 0 Å². The summed E-state index contributed by atoms with van der Waals surface area (Å²) in [4.78, 5) is 94.9. The molecule has 4 atom stereocenters. The number of carbonyl (C=O) groups excluding carboxylic acids is 6. The quantitative estimate of drug-likeness (QED) is 0.0672. The van der Waals surface area contributed by atoms with Crippen LogP contribution in [0.5, 0.6) is 0 Å². The van der Waals surface area contributed by atoms with Crippen LogP contribution in [-0.2, 0) is 48.0 Å². The second kappa shape index (κ2) is 23.0. The van der Waals surface area contributed by atoms with Gasteiger partial charge >= 0.3 is 5.97 Å². The molecule has 0 spiro atoms. The van der Waals surface area contributed by atoms with E-state index in [9.17, 15) is 33.6 Å². The molecule has 2 aliphatic heterocycles. The molecule has 0 aliphatic carbocycles. The smallest absolute Gasteiger partial charge is 0.303 e. The van der Waals surface area contributed by atoms with E-state index in [2.05, 4.69) is 31.9 Å². The first kappa shape index (κ1) is 45.9. The first-order chi connectivity index (χ1) is 31.0. The zero-order chi connectivity index (χ0) is 45.3. The highest BCUT2D eigenvalue weighted by Gasteiger charge is 2.33. The van der Waals surface area contributed by atoms with Gasteiger partial charge in [0.2, 0.25) is 29.5 Å². The summed E-state index contributed by atoms with van der Waals surface area (Å²) in [6, 6.07) is 36.8. The fourth-order valence-electron chi connectivity index (χ4n) is 7.32. The molecule has 64 heavy (non-hydrogen) atoms. The van der Waals surface area contributed by atoms with Gasteiger partial charge in [0.15, 0.2) is 0 Å². The minimum absolute atomic E-state index is 0.00662. The van der Waals surface area contributed by atoms with Gasteiger partial charge in [-0.3, -0.25) is 33.6 Å². The Morgan fingerprint density at radius 3 is 1.69 bits per heavy atom. The van der Waals surface area contributed by atoms with E-state index in [-0.39, 0.29) is 57.2 Å². The van der Waals surface area contributed by atoms with Crippen molar-refractivity contribution < 1.29 is 38.7 Å². The Hall–Kier alpha value is -7.61. The van der Waals surface area contributed by atoms with Crippen LogP contribution in [0, 0.1) is 0 Å². The van der Waals surface area contributed by atoms with E-state index in [1.165, 1.54) is 24.3 Å². The summed E-state index contributed by atoms with van der Waals surface area (Å²) in [7, 11) is 0. The maximum absolute atomic E-state index is 14.6. The lowest BCUT2D eigenvalue weighted by Gasteiger charge is -2.27. The lowest BCUT2D eigenvalue weighted by Crippen LogP contribution is -2.58. The third-order valence-corrected chi connectivity index (χ3v) is 10.8. The average molecular weight is 865 g/mol. The molecule has 14 nitrogen and oxygen atoms in total. The van der Waals surface area contributed by atoms with Crippen molar-refractivity contribution in [2.45, 2.75) is 69.1 Å². The molecule has 0 fully saturated rings. The van der Waals surface area contributed by atoms with Crippen molar-refractivity contribution in [3.63, 3.8) is 0 Å². The summed E-state index contributed by atoms with van der Waals surface area (Å²) in [6.07, 6.45) is 0.458. The molecular weight excluding hydrogens is 813 g/mol. The maximum Gasteiger partial charge on any atom is 0.303 e. The number of hydrogen-bond donors (Lipinski definition) is 7. The standard InChI is InChI=1S/C50H52N6O8/c57-43-28-30-52-46(60)39-25-23-38(24-26-39)45(50(64)51-29-10-17-44(58)59)56-49(63)42(31-34-13-6-2-7-14-34)55-48(62)41(32-35-18-21-37(22-19-35)36-15-8-3-9-16-36)54-47(61)40(53-43)27-20-33-11-4-1-5-12-33/h1-9,11-16,18-19,21-26,40-42,45H,10,17,20,27-32H2,(H,51,64)(H,52,60)(H,53,57)(H,54,61)(H,55,62)(H,56,63)(H,58,59)/t40-,41+,42-,45?/m1/s1. The number of carboxylic acids is 1. The normalized spacial score (nSPS) is 18.7. The van der Waals surface area contributed by atoms with Gasteiger partial charge < -0.3 is 37.0 Å². The van der Waals surface area contributed by atoms with Crippen molar-refractivity contribution in [3.05, 3.63) is 167 Å². The van der Waals surface area contributed by atoms with Crippen LogP contribution in [0.15, 0.2) is 140 Å². The van der Waals surface area contributed by atoms with E-state index < -0.39 is 65.6 Å². The number of amides is 6. The number of hydrogen-bond acceptors (Lipinski definition) is 7. The molecule has 2 heterocycles. The number of benzene rings is 5. The van der Waals surface area contributed by atoms with Gasteiger partial charge in [0.1, 0.15) is 24.2 Å². The van der Waals surface area contributed by atoms with E-state index in [1.807, 2.05) is 91.0 Å². The SMILES string of the molecule is O=C(O)CCCNC(=O)C1NC(=O)[C@@H](Cc2ccccc2)NC(=O)[C@H](Cc2ccc(-c3ccccc3)cc2)NC(=O)[C@@H](CCc2ccccc2)NC(=O)CCNC(=O)c2ccc1cc2. The predicted octanol–water partition coefficient (Wildman–Crippen LogP) is 4.20. The first-order valence-corrected chi connectivity index (χ1v) is 21.3. The molecule has 7 N–H and O–H groups in total. The average Bonchev–Trinajstić information content (AvgIpc) is 3.31. The van der Waals surface area contributed by atoms with Crippen molar-refractivity contribution in [2.75, 3.05) is 13.1 Å². The number of rotatable bonds is 13. The van der Waals surface area contributed by atoms with Gasteiger partial charge in [-0.15, -0.1) is 0 Å². The number of aliphatic carboxylic acids is 1. The fourth-order valence-corrected chi connectivity index (χ4v) is 7.32. The lowest BCUT2D eigenvalue weighted by molar-refractivity contribution is -0.137. The van der Waals surface area contributed by atoms with Crippen molar-refractivity contribution >= 4 is 41.4 Å². The number of aryl methyl sites for hydroxylation is 1. The Morgan fingerprint density at radius 2 is 1.08 bits per heavy atom. The van der Waals surface area contributed by atoms with Crippen LogP contribution >= 0.6 is 0 Å². The third kappa shape index (κ3) is 13.7. The van der Waals surface area contributed by atoms with Gasteiger partial charge in [0.25, 0.3) is 5.91 Å². The zero-order valence-electron chi connectivity index (χ0n) is 35.3. The summed E-state index contributed by atoms with van der Waals surface area (Å²) in [5, 5.41) is 25.9. The van der Waals surface area contributed by atoms with Crippen LogP contribution in [0.2, 0.25) is 0 Å². The van der Waals surface area contributed by atoms with Crippen LogP contribution in [0.1, 0.15) is 64.3 Å². The second-order valence-electron chi connectivity index (χ2n) is 15.6. The lowest BCUT2D eigenvalue weighted by atomic mass is 9.98. The molecule has 14 heteroatoms. The Labute approximate surface area is 371 Å². The molecule has 0 aromatic heterocycles. The van der Waals surface area contributed by atoms with Gasteiger partial charge in [-0.25, -0.2) is 0 Å². The van der Waals surface area contributed by atoms with Crippen LogP contribution in [0.3, 0.4) is 0 Å². The molecule has 7 rings (SSSR count). The molecule has 2 bridgehead atoms. The number of carbonyl (C=O) groups is 7. The van der Waals surface area contributed by atoms with Crippen LogP contribution in [0.4, 0.5) is 0 Å². The Morgan fingerprint density at radius 1 is 0.562 bits per heavy atom. The summed E-state index contributed by atoms with van der Waals surface area (Å²) < 4.78 is 0. The van der Waals surface area contributed by atoms with Gasteiger partial charge in [0, 0.05) is 44.3 Å². The minimum Gasteiger partial charge on any atom is -0.481 e. The highest BCUT2D eigenvalue weighted by molar-refractivity contribution is 5.97. The fraction of sp³-hybridized carbons (Fsp3) is 0.260. The van der Waals surface area contributed by atoms with Crippen LogP contribution < -0.4 is 31.9 Å². The van der Waals surface area contributed by atoms with Crippen LogP contribution in [-0.4, -0.2) is 77.7 Å². The molecule has 0 saturated heterocycles. The molecule has 0 saturated carbocycles. The molecular formula is C50H52N6O8. The molecule has 0 radical (unpaired) electrons. The van der Waals surface area contributed by atoms with Crippen molar-refractivity contribution in [1.82, 2.24) is 31.9 Å². The highest BCUT2D eigenvalue weighted by atomic mass is 16.4. The van der Waals surface area contributed by atoms with E-state index >= 15 is 0 Å². The topological polar surface area (TPSA) is 212 Å². The van der Waals surface area contributed by atoms with Crippen molar-refractivity contribution in [1.29, 1.82) is 0 Å². The number of carboxylic acid groups (broad SMARTS) is 1. The summed E-state index contributed by atoms with van der Waals surface area (Å²) >= 11 is 0. The molecule has 2 aliphatic rings. The Bertz CT molecular complexity index is 2380. The van der Waals surface area contributed by atoms with Gasteiger partial charge in [0.05, 0.1) is 0 Å². The van der Waals surface area contributed by atoms with Gasteiger partial charge in [-0.1, -0.05) is 127 Å². The molecule has 1 unspecified atom stereocenters. The molecule has 330 valence electrons. The van der Waals surface area contributed by atoms with Gasteiger partial charge in [-0.05, 0) is 64.8 Å². The van der Waals surface area contributed by atoms with E-state index in [0.717, 1.165) is 16.7 Å². The largest absolute Gasteiger partial charge is 0.481 e. The molecule has 5 aromatic rings. The molecule has 5 aromatic carbocycles. The minimum atomic E-state index is -1.32. The van der Waals surface area contributed by atoms with Gasteiger partial charge in [-0.2, -0.15) is 0 Å². The Balaban J connectivity index is 1.35. The number of fused-ring (bicyclic) bond motifs is 17. The predicted molar refractivity (Wildman–Crippen MR) is 240 cm³/mol. The summed E-state index contributed by atoms with van der Waals surface area (Å²) in [5.74, 6) is -4.67. The first-order valence-electron chi connectivity index (χ1n) is 21.3. The number of nitrogens with one attached hydrogen (secondary N) is 6. The maximum atomic E-state index is 14.6. The van der Waals surface area contributed by atoms with Crippen LogP contribution in [0.25, 0.3) is 11.1 Å².